The van der Waals surface area contributed by atoms with Crippen molar-refractivity contribution in [2.75, 3.05) is 12.0 Å². The quantitative estimate of drug-likeness (QED) is 0.365. The second kappa shape index (κ2) is 8.82. The number of para-hydroxylation sites is 1. The molecule has 1 aliphatic heterocycles. The monoisotopic (exact) mass is 457 g/mol. The zero-order chi connectivity index (χ0) is 24.6. The number of imide groups is 2. The average molecular weight is 457 g/mol. The molecular formula is C26H23N3O5. The molecule has 4 amide bonds. The highest BCUT2D eigenvalue weighted by atomic mass is 16.5. The molecule has 172 valence electrons. The summed E-state index contributed by atoms with van der Waals surface area (Å²) in [7, 11) is 1.33. The first kappa shape index (κ1) is 22.7. The zero-order valence-electron chi connectivity index (χ0n) is 19.2. The number of aryl methyl sites for hydroxylation is 2. The number of benzene rings is 2. The van der Waals surface area contributed by atoms with Crippen molar-refractivity contribution in [3.8, 4) is 5.69 Å². The summed E-state index contributed by atoms with van der Waals surface area (Å²) in [5, 5.41) is 2.26. The largest absolute Gasteiger partial charge is 0.465 e. The van der Waals surface area contributed by atoms with Crippen molar-refractivity contribution in [2.24, 2.45) is 0 Å². The summed E-state index contributed by atoms with van der Waals surface area (Å²) in [6.07, 6.45) is 1.50. The lowest BCUT2D eigenvalue weighted by Gasteiger charge is -2.27. The number of carbonyl (C=O) groups excluding carboxylic acids is 4. The molecule has 1 aromatic heterocycles. The maximum absolute atomic E-state index is 13.2. The van der Waals surface area contributed by atoms with E-state index in [4.69, 9.17) is 4.74 Å². The number of nitrogens with one attached hydrogen (secondary N) is 1. The number of aromatic nitrogens is 1. The Morgan fingerprint density at radius 3 is 2.29 bits per heavy atom. The summed E-state index contributed by atoms with van der Waals surface area (Å²) in [5.41, 5.74) is 4.57. The number of anilines is 1. The molecule has 34 heavy (non-hydrogen) atoms. The van der Waals surface area contributed by atoms with Gasteiger partial charge in [0.25, 0.3) is 11.8 Å². The first-order valence-electron chi connectivity index (χ1n) is 10.6. The first-order valence-corrected chi connectivity index (χ1v) is 10.6. The van der Waals surface area contributed by atoms with Crippen molar-refractivity contribution >= 4 is 35.6 Å². The summed E-state index contributed by atoms with van der Waals surface area (Å²) < 4.78 is 6.69. The number of methoxy groups -OCH3 is 1. The molecule has 1 aliphatic rings. The van der Waals surface area contributed by atoms with Crippen LogP contribution in [0.2, 0.25) is 0 Å². The van der Waals surface area contributed by atoms with Gasteiger partial charge in [-0.05, 0) is 74.4 Å². The fraction of sp³-hybridized carbons (Fsp3) is 0.154. The van der Waals surface area contributed by atoms with Crippen LogP contribution in [-0.2, 0) is 14.3 Å². The summed E-state index contributed by atoms with van der Waals surface area (Å²) in [4.78, 5) is 51.0. The van der Waals surface area contributed by atoms with Gasteiger partial charge in [-0.15, -0.1) is 0 Å². The highest BCUT2D eigenvalue weighted by Crippen LogP contribution is 2.27. The smallest absolute Gasteiger partial charge is 0.337 e. The van der Waals surface area contributed by atoms with Crippen LogP contribution in [0, 0.1) is 20.8 Å². The molecule has 2 aromatic carbocycles. The number of amides is 4. The molecule has 4 rings (SSSR count). The second-order valence-corrected chi connectivity index (χ2v) is 7.94. The molecule has 0 saturated carbocycles. The standard InChI is InChI=1S/C26H23N3O5/c1-15-7-5-6-8-22(15)29-24(31)21(23(30)27-26(29)33)14-19-13-16(2)28(17(19)3)20-11-9-18(10-12-20)25(32)34-4/h5-14H,1-4H3,(H,27,30,33)/b21-14+. The van der Waals surface area contributed by atoms with E-state index in [0.29, 0.717) is 16.8 Å². The van der Waals surface area contributed by atoms with Crippen LogP contribution in [-0.4, -0.2) is 35.5 Å². The molecule has 0 unspecified atom stereocenters. The average Bonchev–Trinajstić information content (AvgIpc) is 3.10. The van der Waals surface area contributed by atoms with Gasteiger partial charge in [-0.1, -0.05) is 18.2 Å². The molecule has 8 heteroatoms. The van der Waals surface area contributed by atoms with Crippen molar-refractivity contribution in [1.82, 2.24) is 9.88 Å². The van der Waals surface area contributed by atoms with Crippen molar-refractivity contribution in [1.29, 1.82) is 0 Å². The van der Waals surface area contributed by atoms with E-state index in [1.165, 1.54) is 13.2 Å². The van der Waals surface area contributed by atoms with Gasteiger partial charge in [-0.2, -0.15) is 0 Å². The van der Waals surface area contributed by atoms with Crippen LogP contribution in [0.15, 0.2) is 60.2 Å². The van der Waals surface area contributed by atoms with Crippen molar-refractivity contribution < 1.29 is 23.9 Å². The van der Waals surface area contributed by atoms with Crippen LogP contribution >= 0.6 is 0 Å². The number of ether oxygens (including phenoxy) is 1. The van der Waals surface area contributed by atoms with E-state index in [-0.39, 0.29) is 5.57 Å². The van der Waals surface area contributed by atoms with Crippen LogP contribution in [0.25, 0.3) is 11.8 Å². The normalized spacial score (nSPS) is 15.0. The lowest BCUT2D eigenvalue weighted by molar-refractivity contribution is -0.122. The molecule has 0 bridgehead atoms. The van der Waals surface area contributed by atoms with E-state index in [2.05, 4.69) is 5.32 Å². The predicted molar refractivity (Wildman–Crippen MR) is 127 cm³/mol. The fourth-order valence-electron chi connectivity index (χ4n) is 4.04. The van der Waals surface area contributed by atoms with Gasteiger partial charge >= 0.3 is 12.0 Å². The van der Waals surface area contributed by atoms with Crippen molar-refractivity contribution in [2.45, 2.75) is 20.8 Å². The minimum Gasteiger partial charge on any atom is -0.465 e. The number of barbiturate groups is 1. The molecule has 1 fully saturated rings. The lowest BCUT2D eigenvalue weighted by atomic mass is 10.1. The topological polar surface area (TPSA) is 97.7 Å². The zero-order valence-corrected chi connectivity index (χ0v) is 19.2. The van der Waals surface area contributed by atoms with Crippen LogP contribution in [0.3, 0.4) is 0 Å². The van der Waals surface area contributed by atoms with Crippen LogP contribution in [0.1, 0.15) is 32.9 Å². The first-order chi connectivity index (χ1) is 16.2. The Morgan fingerprint density at radius 1 is 0.971 bits per heavy atom. The Hall–Kier alpha value is -4.46. The van der Waals surface area contributed by atoms with Crippen LogP contribution < -0.4 is 10.2 Å². The van der Waals surface area contributed by atoms with Gasteiger partial charge in [-0.25, -0.2) is 14.5 Å². The second-order valence-electron chi connectivity index (χ2n) is 7.94. The number of rotatable bonds is 4. The fourth-order valence-corrected chi connectivity index (χ4v) is 4.04. The highest BCUT2D eigenvalue weighted by Gasteiger charge is 2.37. The summed E-state index contributed by atoms with van der Waals surface area (Å²) in [5.74, 6) is -1.85. The molecule has 1 N–H and O–H groups in total. The van der Waals surface area contributed by atoms with E-state index in [1.54, 1.807) is 55.5 Å². The molecular weight excluding hydrogens is 434 g/mol. The maximum Gasteiger partial charge on any atom is 0.337 e. The maximum atomic E-state index is 13.2. The Kier molecular flexibility index (Phi) is 5.89. The third kappa shape index (κ3) is 3.90. The van der Waals surface area contributed by atoms with Gasteiger partial charge in [0.15, 0.2) is 0 Å². The van der Waals surface area contributed by atoms with Crippen LogP contribution in [0.5, 0.6) is 0 Å². The molecule has 8 nitrogen and oxygen atoms in total. The Balaban J connectivity index is 1.73. The molecule has 0 spiro atoms. The van der Waals surface area contributed by atoms with E-state index in [9.17, 15) is 19.2 Å². The Morgan fingerprint density at radius 2 is 1.65 bits per heavy atom. The number of urea groups is 1. The minimum atomic E-state index is -0.780. The van der Waals surface area contributed by atoms with Gasteiger partial charge in [0.1, 0.15) is 5.57 Å². The van der Waals surface area contributed by atoms with E-state index < -0.39 is 23.8 Å². The molecule has 0 atom stereocenters. The summed E-state index contributed by atoms with van der Waals surface area (Å²) >= 11 is 0. The molecule has 1 saturated heterocycles. The Bertz CT molecular complexity index is 1370. The van der Waals surface area contributed by atoms with E-state index in [0.717, 1.165) is 27.5 Å². The number of carbonyl (C=O) groups is 4. The van der Waals surface area contributed by atoms with Crippen molar-refractivity contribution in [3.63, 3.8) is 0 Å². The van der Waals surface area contributed by atoms with Crippen LogP contribution in [0.4, 0.5) is 10.5 Å². The number of hydrogen-bond acceptors (Lipinski definition) is 5. The Labute approximate surface area is 196 Å². The number of hydrogen-bond donors (Lipinski definition) is 1. The molecule has 0 radical (unpaired) electrons. The number of esters is 1. The van der Waals surface area contributed by atoms with E-state index >= 15 is 0 Å². The third-order valence-corrected chi connectivity index (χ3v) is 5.77. The van der Waals surface area contributed by atoms with Gasteiger partial charge in [0.2, 0.25) is 0 Å². The molecule has 2 heterocycles. The van der Waals surface area contributed by atoms with Gasteiger partial charge in [0, 0.05) is 17.1 Å². The summed E-state index contributed by atoms with van der Waals surface area (Å²) in [6.45, 7) is 5.55. The molecule has 0 aliphatic carbocycles. The molecule has 3 aromatic rings. The predicted octanol–water partition coefficient (Wildman–Crippen LogP) is 3.86. The van der Waals surface area contributed by atoms with Gasteiger partial charge in [0.05, 0.1) is 18.4 Å². The van der Waals surface area contributed by atoms with Crippen molar-refractivity contribution in [3.05, 3.63) is 88.2 Å². The summed E-state index contributed by atoms with van der Waals surface area (Å²) in [6, 6.07) is 15.0. The van der Waals surface area contributed by atoms with E-state index in [1.807, 2.05) is 24.5 Å². The third-order valence-electron chi connectivity index (χ3n) is 5.77. The SMILES string of the molecule is COC(=O)c1ccc(-n2c(C)cc(/C=C3\C(=O)NC(=O)N(c4ccccc4C)C3=O)c2C)cc1. The van der Waals surface area contributed by atoms with Gasteiger partial charge in [-0.3, -0.25) is 14.9 Å². The lowest BCUT2D eigenvalue weighted by Crippen LogP contribution is -2.54. The minimum absolute atomic E-state index is 0.135. The van der Waals surface area contributed by atoms with Gasteiger partial charge < -0.3 is 9.30 Å². The highest BCUT2D eigenvalue weighted by molar-refractivity contribution is 6.39. The number of nitrogens with zero attached hydrogens (tertiary/aromatic N) is 2.